The summed E-state index contributed by atoms with van der Waals surface area (Å²) in [6.07, 6.45) is 0. The van der Waals surface area contributed by atoms with E-state index < -0.39 is 16.9 Å². The van der Waals surface area contributed by atoms with E-state index in [4.69, 9.17) is 0 Å². The van der Waals surface area contributed by atoms with Crippen LogP contribution in [0.25, 0.3) is 11.0 Å². The number of carbonyl (C=O) groups excluding carboxylic acids is 2. The van der Waals surface area contributed by atoms with Crippen molar-refractivity contribution in [3.8, 4) is 0 Å². The second-order valence-electron chi connectivity index (χ2n) is 5.89. The van der Waals surface area contributed by atoms with Crippen molar-refractivity contribution in [1.82, 2.24) is 19.4 Å². The fraction of sp³-hybridized carbons (Fsp3) is 0.375. The number of hydrogen-bond donors (Lipinski definition) is 1. The summed E-state index contributed by atoms with van der Waals surface area (Å²) in [5.74, 6) is -0.938. The molecule has 25 heavy (non-hydrogen) atoms. The number of benzene rings is 1. The molecule has 1 aromatic heterocycles. The van der Waals surface area contributed by atoms with E-state index in [0.717, 1.165) is 16.7 Å². The Balaban J connectivity index is 1.87. The smallest absolute Gasteiger partial charge is 0.317 e. The molecule has 0 bridgehead atoms. The molecule has 1 N–H and O–H groups in total. The van der Waals surface area contributed by atoms with Gasteiger partial charge in [0.2, 0.25) is 11.8 Å². The molecule has 2 aromatic rings. The number of carbonyl (C=O) groups is 2. The van der Waals surface area contributed by atoms with Gasteiger partial charge in [-0.3, -0.25) is 23.7 Å². The van der Waals surface area contributed by atoms with Crippen LogP contribution in [0.4, 0.5) is 4.39 Å². The highest BCUT2D eigenvalue weighted by Gasteiger charge is 2.23. The van der Waals surface area contributed by atoms with Crippen molar-refractivity contribution in [2.24, 2.45) is 0 Å². The van der Waals surface area contributed by atoms with E-state index in [-0.39, 0.29) is 29.4 Å². The predicted octanol–water partition coefficient (Wildman–Crippen LogP) is -0.480. The summed E-state index contributed by atoms with van der Waals surface area (Å²) < 4.78 is 14.4. The molecule has 2 amide bonds. The van der Waals surface area contributed by atoms with E-state index in [1.165, 1.54) is 13.0 Å². The Morgan fingerprint density at radius 3 is 2.40 bits per heavy atom. The fourth-order valence-electron chi connectivity index (χ4n) is 2.91. The Bertz CT molecular complexity index is 957. The molecule has 1 aromatic carbocycles. The molecule has 0 atom stereocenters. The van der Waals surface area contributed by atoms with E-state index in [1.54, 1.807) is 9.80 Å². The normalized spacial score (nSPS) is 14.8. The van der Waals surface area contributed by atoms with Crippen LogP contribution >= 0.6 is 0 Å². The summed E-state index contributed by atoms with van der Waals surface area (Å²) in [7, 11) is 0. The van der Waals surface area contributed by atoms with Crippen LogP contribution in [-0.4, -0.2) is 57.3 Å². The van der Waals surface area contributed by atoms with Gasteiger partial charge in [0.25, 0.3) is 0 Å². The van der Waals surface area contributed by atoms with Crippen LogP contribution in [0, 0.1) is 5.82 Å². The van der Waals surface area contributed by atoms with Crippen LogP contribution in [-0.2, 0) is 16.1 Å². The van der Waals surface area contributed by atoms with Crippen LogP contribution < -0.4 is 11.1 Å². The molecule has 1 aliphatic heterocycles. The third-order valence-corrected chi connectivity index (χ3v) is 4.31. The SMILES string of the molecule is CC(=O)N1CCN(C(=O)Cn2c(=O)c(=O)[nH]c3cc(F)ccc32)CC1. The largest absolute Gasteiger partial charge is 0.339 e. The highest BCUT2D eigenvalue weighted by molar-refractivity contribution is 5.80. The van der Waals surface area contributed by atoms with Gasteiger partial charge in [-0.2, -0.15) is 0 Å². The van der Waals surface area contributed by atoms with E-state index >= 15 is 0 Å². The molecule has 0 radical (unpaired) electrons. The molecule has 1 aliphatic rings. The minimum Gasteiger partial charge on any atom is -0.339 e. The lowest BCUT2D eigenvalue weighted by atomic mass is 10.2. The fourth-order valence-corrected chi connectivity index (χ4v) is 2.91. The number of fused-ring (bicyclic) bond motifs is 1. The quantitative estimate of drug-likeness (QED) is 0.742. The molecule has 1 fully saturated rings. The number of nitrogens with zero attached hydrogens (tertiary/aromatic N) is 3. The van der Waals surface area contributed by atoms with Gasteiger partial charge in [0, 0.05) is 33.1 Å². The molecule has 132 valence electrons. The van der Waals surface area contributed by atoms with E-state index in [2.05, 4.69) is 4.98 Å². The molecule has 0 aliphatic carbocycles. The van der Waals surface area contributed by atoms with Gasteiger partial charge in [-0.05, 0) is 18.2 Å². The van der Waals surface area contributed by atoms with Gasteiger partial charge < -0.3 is 14.8 Å². The number of piperazine rings is 1. The van der Waals surface area contributed by atoms with Crippen molar-refractivity contribution >= 4 is 22.8 Å². The van der Waals surface area contributed by atoms with E-state index in [9.17, 15) is 23.6 Å². The van der Waals surface area contributed by atoms with Crippen LogP contribution in [0.3, 0.4) is 0 Å². The van der Waals surface area contributed by atoms with Crippen LogP contribution in [0.2, 0.25) is 0 Å². The maximum absolute atomic E-state index is 13.3. The summed E-state index contributed by atoms with van der Waals surface area (Å²) in [5.41, 5.74) is -1.34. The number of aromatic amines is 1. The van der Waals surface area contributed by atoms with Crippen LogP contribution in [0.5, 0.6) is 0 Å². The topological polar surface area (TPSA) is 95.5 Å². The third-order valence-electron chi connectivity index (χ3n) is 4.31. The Morgan fingerprint density at radius 1 is 1.12 bits per heavy atom. The van der Waals surface area contributed by atoms with Crippen molar-refractivity contribution < 1.29 is 14.0 Å². The van der Waals surface area contributed by atoms with Crippen LogP contribution in [0.15, 0.2) is 27.8 Å². The Labute approximate surface area is 141 Å². The number of aromatic nitrogens is 2. The highest BCUT2D eigenvalue weighted by atomic mass is 19.1. The number of amides is 2. The maximum atomic E-state index is 13.3. The van der Waals surface area contributed by atoms with Crippen molar-refractivity contribution in [3.63, 3.8) is 0 Å². The lowest BCUT2D eigenvalue weighted by Crippen LogP contribution is -2.51. The minimum atomic E-state index is -0.910. The molecule has 3 rings (SSSR count). The van der Waals surface area contributed by atoms with E-state index in [0.29, 0.717) is 26.2 Å². The lowest BCUT2D eigenvalue weighted by Gasteiger charge is -2.34. The standard InChI is InChI=1S/C16H17FN4O4/c1-10(22)19-4-6-20(7-5-19)14(23)9-21-13-3-2-11(17)8-12(13)18-15(24)16(21)25/h2-3,8H,4-7,9H2,1H3,(H,18,24). The van der Waals surface area contributed by atoms with Gasteiger partial charge >= 0.3 is 11.1 Å². The number of halogens is 1. The van der Waals surface area contributed by atoms with Gasteiger partial charge in [0.15, 0.2) is 0 Å². The molecular formula is C16H17FN4O4. The molecule has 0 unspecified atom stereocenters. The van der Waals surface area contributed by atoms with Crippen LogP contribution in [0.1, 0.15) is 6.92 Å². The first-order valence-electron chi connectivity index (χ1n) is 7.82. The molecule has 0 spiro atoms. The number of hydrogen-bond acceptors (Lipinski definition) is 4. The second kappa shape index (κ2) is 6.50. The molecule has 2 heterocycles. The zero-order valence-electron chi connectivity index (χ0n) is 13.6. The Morgan fingerprint density at radius 2 is 1.76 bits per heavy atom. The molecular weight excluding hydrogens is 331 g/mol. The summed E-state index contributed by atoms with van der Waals surface area (Å²) in [6.45, 7) is 2.74. The van der Waals surface area contributed by atoms with Gasteiger partial charge in [-0.1, -0.05) is 0 Å². The van der Waals surface area contributed by atoms with E-state index in [1.807, 2.05) is 0 Å². The van der Waals surface area contributed by atoms with Gasteiger partial charge in [0.1, 0.15) is 12.4 Å². The van der Waals surface area contributed by atoms with Crippen molar-refractivity contribution in [2.75, 3.05) is 26.2 Å². The molecule has 9 heteroatoms. The number of H-pyrrole nitrogens is 1. The lowest BCUT2D eigenvalue weighted by molar-refractivity contribution is -0.138. The number of nitrogens with one attached hydrogen (secondary N) is 1. The Hall–Kier alpha value is -2.97. The molecule has 1 saturated heterocycles. The summed E-state index contributed by atoms with van der Waals surface area (Å²) in [4.78, 5) is 53.2. The summed E-state index contributed by atoms with van der Waals surface area (Å²) in [6, 6.07) is 3.61. The first-order valence-corrected chi connectivity index (χ1v) is 7.82. The highest BCUT2D eigenvalue weighted by Crippen LogP contribution is 2.11. The third kappa shape index (κ3) is 3.30. The van der Waals surface area contributed by atoms with Crippen molar-refractivity contribution in [3.05, 3.63) is 44.7 Å². The summed E-state index contributed by atoms with van der Waals surface area (Å²) >= 11 is 0. The van der Waals surface area contributed by atoms with Crippen molar-refractivity contribution in [1.29, 1.82) is 0 Å². The van der Waals surface area contributed by atoms with Crippen molar-refractivity contribution in [2.45, 2.75) is 13.5 Å². The van der Waals surface area contributed by atoms with Gasteiger partial charge in [-0.25, -0.2) is 4.39 Å². The zero-order chi connectivity index (χ0) is 18.1. The first kappa shape index (κ1) is 16.9. The summed E-state index contributed by atoms with van der Waals surface area (Å²) in [5, 5.41) is 0. The zero-order valence-corrected chi connectivity index (χ0v) is 13.6. The maximum Gasteiger partial charge on any atom is 0.317 e. The predicted molar refractivity (Wildman–Crippen MR) is 87.6 cm³/mol. The molecule has 0 saturated carbocycles. The van der Waals surface area contributed by atoms with Gasteiger partial charge in [-0.15, -0.1) is 0 Å². The first-order chi connectivity index (χ1) is 11.9. The van der Waals surface area contributed by atoms with Gasteiger partial charge in [0.05, 0.1) is 11.0 Å². The minimum absolute atomic E-state index is 0.0501. The monoisotopic (exact) mass is 348 g/mol. The second-order valence-corrected chi connectivity index (χ2v) is 5.89. The molecule has 8 nitrogen and oxygen atoms in total. The number of rotatable bonds is 2. The average Bonchev–Trinajstić information content (AvgIpc) is 2.58. The Kier molecular flexibility index (Phi) is 4.39. The average molecular weight is 348 g/mol.